The maximum absolute atomic E-state index is 13.0. The molecular formula is C25H31N2O8P. The smallest absolute Gasteiger partial charge is 0.345 e. The Balaban J connectivity index is 1.72. The van der Waals surface area contributed by atoms with Gasteiger partial charge in [0.15, 0.2) is 12.0 Å². The van der Waals surface area contributed by atoms with Gasteiger partial charge in [-0.05, 0) is 45.4 Å². The summed E-state index contributed by atoms with van der Waals surface area (Å²) in [7, 11) is -3.49. The van der Waals surface area contributed by atoms with Gasteiger partial charge >= 0.3 is 13.3 Å². The van der Waals surface area contributed by atoms with Gasteiger partial charge in [-0.2, -0.15) is 0 Å². The van der Waals surface area contributed by atoms with Crippen molar-refractivity contribution in [2.45, 2.75) is 58.0 Å². The number of aromatic amines is 1. The average molecular weight is 519 g/mol. The van der Waals surface area contributed by atoms with E-state index in [1.165, 1.54) is 16.5 Å². The van der Waals surface area contributed by atoms with Gasteiger partial charge in [0.2, 0.25) is 0 Å². The van der Waals surface area contributed by atoms with E-state index >= 15 is 0 Å². The number of fused-ring (bicyclic) bond motifs is 1. The average Bonchev–Trinajstić information content (AvgIpc) is 3.30. The van der Waals surface area contributed by atoms with Gasteiger partial charge in [-0.1, -0.05) is 36.4 Å². The highest BCUT2D eigenvalue weighted by Gasteiger charge is 2.55. The Morgan fingerprint density at radius 3 is 2.39 bits per heavy atom. The Morgan fingerprint density at radius 2 is 1.72 bits per heavy atom. The molecule has 1 N–H and O–H groups in total. The van der Waals surface area contributed by atoms with Gasteiger partial charge in [-0.25, -0.2) is 4.79 Å². The molecule has 4 rings (SSSR count). The zero-order valence-corrected chi connectivity index (χ0v) is 21.6. The third-order valence-electron chi connectivity index (χ3n) is 5.65. The molecule has 11 heteroatoms. The van der Waals surface area contributed by atoms with E-state index < -0.39 is 49.2 Å². The summed E-state index contributed by atoms with van der Waals surface area (Å²) in [5.41, 5.74) is 0.0510. The van der Waals surface area contributed by atoms with Gasteiger partial charge in [0.1, 0.15) is 18.3 Å². The number of hydrogen-bond acceptors (Lipinski definition) is 8. The summed E-state index contributed by atoms with van der Waals surface area (Å²) in [6, 6.07) is 10.8. The number of hydrogen-bond donors (Lipinski definition) is 1. The van der Waals surface area contributed by atoms with Crippen LogP contribution in [0.1, 0.15) is 45.2 Å². The fraction of sp³-hybridized carbons (Fsp3) is 0.440. The quantitative estimate of drug-likeness (QED) is 0.497. The molecule has 0 saturated carbocycles. The minimum absolute atomic E-state index is 0.207. The molecule has 2 fully saturated rings. The highest BCUT2D eigenvalue weighted by Crippen LogP contribution is 2.51. The zero-order chi connectivity index (χ0) is 25.9. The fourth-order valence-electron chi connectivity index (χ4n) is 4.30. The molecule has 36 heavy (non-hydrogen) atoms. The Labute approximate surface area is 209 Å². The van der Waals surface area contributed by atoms with Gasteiger partial charge in [0, 0.05) is 11.9 Å². The van der Waals surface area contributed by atoms with Crippen LogP contribution in [0.2, 0.25) is 0 Å². The molecule has 3 heterocycles. The van der Waals surface area contributed by atoms with E-state index in [9.17, 15) is 14.2 Å². The number of H-pyrrole nitrogens is 1. The van der Waals surface area contributed by atoms with Crippen LogP contribution >= 0.6 is 7.60 Å². The molecule has 0 spiro atoms. The molecule has 0 radical (unpaired) electrons. The molecule has 0 unspecified atom stereocenters. The first-order valence-corrected chi connectivity index (χ1v) is 13.4. The van der Waals surface area contributed by atoms with Crippen LogP contribution in [0.25, 0.3) is 12.2 Å². The topological polar surface area (TPSA) is 118 Å². The van der Waals surface area contributed by atoms with Crippen molar-refractivity contribution in [3.63, 3.8) is 0 Å². The monoisotopic (exact) mass is 518 g/mol. The standard InChI is InChI=1S/C25H31N2O8P/c1-5-31-36(30,32-6-2)15-14-19-21-22(35-25(3,4)34-21)23(33-19)27-18(16-20(28)26-24(27)29)13-12-17-10-8-7-9-11-17/h7-16,19,21-23H,5-6H2,1-4H3,(H,26,28,29)/b13-12+,15-14+/t19-,21-,22-,23-/m1/s1. The van der Waals surface area contributed by atoms with E-state index in [4.69, 9.17) is 23.3 Å². The van der Waals surface area contributed by atoms with E-state index in [0.717, 1.165) is 5.56 Å². The molecule has 0 bridgehead atoms. The summed E-state index contributed by atoms with van der Waals surface area (Å²) in [6.07, 6.45) is 2.09. The van der Waals surface area contributed by atoms with Crippen LogP contribution in [0.3, 0.4) is 0 Å². The number of nitrogens with zero attached hydrogens (tertiary/aromatic N) is 1. The summed E-state index contributed by atoms with van der Waals surface area (Å²) in [6.45, 7) is 7.39. The van der Waals surface area contributed by atoms with E-state index in [0.29, 0.717) is 5.69 Å². The van der Waals surface area contributed by atoms with E-state index in [1.54, 1.807) is 45.9 Å². The zero-order valence-electron chi connectivity index (χ0n) is 20.7. The van der Waals surface area contributed by atoms with Crippen molar-refractivity contribution in [3.8, 4) is 0 Å². The second-order valence-electron chi connectivity index (χ2n) is 8.75. The molecule has 0 amide bonds. The first-order chi connectivity index (χ1) is 17.1. The number of nitrogens with one attached hydrogen (secondary N) is 1. The van der Waals surface area contributed by atoms with Crippen LogP contribution in [0, 0.1) is 0 Å². The Bertz CT molecular complexity index is 1270. The number of ether oxygens (including phenoxy) is 3. The normalized spacial score (nSPS) is 25.7. The van der Waals surface area contributed by atoms with Crippen LogP contribution in [0.5, 0.6) is 0 Å². The number of benzene rings is 1. The summed E-state index contributed by atoms with van der Waals surface area (Å²) < 4.78 is 43.3. The lowest BCUT2D eigenvalue weighted by atomic mass is 10.1. The van der Waals surface area contributed by atoms with Gasteiger partial charge in [0.05, 0.1) is 18.9 Å². The van der Waals surface area contributed by atoms with Gasteiger partial charge in [0.25, 0.3) is 5.56 Å². The molecule has 2 saturated heterocycles. The highest BCUT2D eigenvalue weighted by atomic mass is 31.2. The van der Waals surface area contributed by atoms with Crippen molar-refractivity contribution in [1.82, 2.24) is 9.55 Å². The Hall–Kier alpha value is -2.59. The van der Waals surface area contributed by atoms with Crippen molar-refractivity contribution in [2.24, 2.45) is 0 Å². The molecule has 0 aliphatic carbocycles. The predicted octanol–water partition coefficient (Wildman–Crippen LogP) is 3.90. The summed E-state index contributed by atoms with van der Waals surface area (Å²) in [4.78, 5) is 27.4. The summed E-state index contributed by atoms with van der Waals surface area (Å²) in [5.74, 6) is 0.406. The summed E-state index contributed by atoms with van der Waals surface area (Å²) >= 11 is 0. The fourth-order valence-corrected chi connectivity index (χ4v) is 5.65. The Kier molecular flexibility index (Phi) is 7.94. The van der Waals surface area contributed by atoms with Crippen LogP contribution in [0.15, 0.2) is 57.9 Å². The third kappa shape index (κ3) is 5.86. The van der Waals surface area contributed by atoms with E-state index in [-0.39, 0.29) is 13.2 Å². The first kappa shape index (κ1) is 26.5. The van der Waals surface area contributed by atoms with Gasteiger partial charge in [-0.15, -0.1) is 0 Å². The second-order valence-corrected chi connectivity index (χ2v) is 10.6. The molecule has 2 aliphatic rings. The predicted molar refractivity (Wildman–Crippen MR) is 134 cm³/mol. The lowest BCUT2D eigenvalue weighted by Crippen LogP contribution is -2.39. The van der Waals surface area contributed by atoms with Crippen molar-refractivity contribution in [3.05, 3.63) is 80.4 Å². The summed E-state index contributed by atoms with van der Waals surface area (Å²) in [5, 5.41) is 0. The number of rotatable bonds is 9. The van der Waals surface area contributed by atoms with Crippen molar-refractivity contribution < 1.29 is 27.8 Å². The van der Waals surface area contributed by atoms with Gasteiger partial charge in [-0.3, -0.25) is 18.9 Å². The number of aromatic nitrogens is 2. The largest absolute Gasteiger partial charge is 0.353 e. The first-order valence-electron chi connectivity index (χ1n) is 11.8. The van der Waals surface area contributed by atoms with Gasteiger partial charge < -0.3 is 23.3 Å². The molecule has 194 valence electrons. The minimum atomic E-state index is -3.49. The third-order valence-corrected chi connectivity index (χ3v) is 7.42. The minimum Gasteiger partial charge on any atom is -0.345 e. The lowest BCUT2D eigenvalue weighted by molar-refractivity contribution is -0.192. The molecule has 2 aliphatic heterocycles. The molecule has 4 atom stereocenters. The van der Waals surface area contributed by atoms with Crippen molar-refractivity contribution in [2.75, 3.05) is 13.2 Å². The molecule has 2 aromatic rings. The molecule has 10 nitrogen and oxygen atoms in total. The highest BCUT2D eigenvalue weighted by molar-refractivity contribution is 7.57. The van der Waals surface area contributed by atoms with E-state index in [2.05, 4.69) is 4.98 Å². The Morgan fingerprint density at radius 1 is 1.06 bits per heavy atom. The van der Waals surface area contributed by atoms with Crippen LogP contribution in [0.4, 0.5) is 0 Å². The van der Waals surface area contributed by atoms with Crippen molar-refractivity contribution in [1.29, 1.82) is 0 Å². The maximum Gasteiger partial charge on any atom is 0.353 e. The second kappa shape index (κ2) is 10.8. The van der Waals surface area contributed by atoms with E-state index in [1.807, 2.05) is 30.3 Å². The van der Waals surface area contributed by atoms with Crippen molar-refractivity contribution >= 4 is 19.7 Å². The SMILES string of the molecule is CCOP(=O)(/C=C/[C@H]1O[C@@H](n2c(/C=C/c3ccccc3)cc(=O)[nH]c2=O)[C@@H]2OC(C)(C)O[C@@H]21)OCC. The molecule has 1 aromatic carbocycles. The maximum atomic E-state index is 13.0. The van der Waals surface area contributed by atoms with Crippen LogP contribution < -0.4 is 11.2 Å². The lowest BCUT2D eigenvalue weighted by Gasteiger charge is -2.25. The van der Waals surface area contributed by atoms with Crippen LogP contribution in [-0.4, -0.2) is 46.9 Å². The molecule has 1 aromatic heterocycles. The van der Waals surface area contributed by atoms with Crippen LogP contribution in [-0.2, 0) is 27.8 Å². The molecular weight excluding hydrogens is 487 g/mol.